The van der Waals surface area contributed by atoms with E-state index in [4.69, 9.17) is 5.11 Å². The number of carboxylic acid groups (broad SMARTS) is 1. The number of hydrogen-bond donors (Lipinski definition) is 1. The quantitative estimate of drug-likeness (QED) is 0.908. The van der Waals surface area contributed by atoms with Gasteiger partial charge in [0.15, 0.2) is 0 Å². The standard InChI is InChI=1S/C16H19NO2/c1-10(2)12-5-7-13(8-6-12)15-9-14(16(18)19)11(3)17(15)4/h5-10H,1-4H3,(H,18,19). The summed E-state index contributed by atoms with van der Waals surface area (Å²) in [6, 6.07) is 10.0. The molecule has 2 rings (SSSR count). The first-order valence-electron chi connectivity index (χ1n) is 6.41. The highest BCUT2D eigenvalue weighted by Gasteiger charge is 2.15. The molecular formula is C16H19NO2. The van der Waals surface area contributed by atoms with E-state index in [2.05, 4.69) is 38.1 Å². The minimum absolute atomic E-state index is 0.366. The SMILES string of the molecule is Cc1c(C(=O)O)cc(-c2ccc(C(C)C)cc2)n1C. The van der Waals surface area contributed by atoms with Gasteiger partial charge in [-0.25, -0.2) is 4.79 Å². The molecule has 0 aliphatic rings. The molecule has 1 N–H and O–H groups in total. The summed E-state index contributed by atoms with van der Waals surface area (Å²) in [4.78, 5) is 11.1. The molecule has 0 saturated carbocycles. The zero-order valence-corrected chi connectivity index (χ0v) is 11.8. The van der Waals surface area contributed by atoms with Gasteiger partial charge < -0.3 is 9.67 Å². The van der Waals surface area contributed by atoms with Crippen molar-refractivity contribution in [1.82, 2.24) is 4.57 Å². The monoisotopic (exact) mass is 257 g/mol. The lowest BCUT2D eigenvalue weighted by atomic mass is 10.0. The lowest BCUT2D eigenvalue weighted by Crippen LogP contribution is -1.99. The maximum absolute atomic E-state index is 11.1. The normalized spacial score (nSPS) is 11.0. The van der Waals surface area contributed by atoms with Gasteiger partial charge in [-0.3, -0.25) is 0 Å². The Morgan fingerprint density at radius 1 is 1.21 bits per heavy atom. The molecule has 0 radical (unpaired) electrons. The van der Waals surface area contributed by atoms with Gasteiger partial charge >= 0.3 is 5.97 Å². The maximum atomic E-state index is 11.1. The molecule has 0 amide bonds. The largest absolute Gasteiger partial charge is 0.478 e. The summed E-state index contributed by atoms with van der Waals surface area (Å²) < 4.78 is 1.92. The van der Waals surface area contributed by atoms with Gasteiger partial charge in [-0.05, 0) is 30.0 Å². The Labute approximate surface area is 113 Å². The Morgan fingerprint density at radius 3 is 2.21 bits per heavy atom. The van der Waals surface area contributed by atoms with Crippen LogP contribution in [0.3, 0.4) is 0 Å². The summed E-state index contributed by atoms with van der Waals surface area (Å²) in [7, 11) is 1.90. The number of carbonyl (C=O) groups is 1. The zero-order valence-electron chi connectivity index (χ0n) is 11.8. The van der Waals surface area contributed by atoms with Crippen LogP contribution in [0.25, 0.3) is 11.3 Å². The van der Waals surface area contributed by atoms with Crippen molar-refractivity contribution in [1.29, 1.82) is 0 Å². The van der Waals surface area contributed by atoms with Crippen LogP contribution >= 0.6 is 0 Å². The molecule has 0 fully saturated rings. The van der Waals surface area contributed by atoms with E-state index >= 15 is 0 Å². The van der Waals surface area contributed by atoms with E-state index in [1.807, 2.05) is 18.5 Å². The van der Waals surface area contributed by atoms with Crippen LogP contribution in [0.1, 0.15) is 41.4 Å². The molecule has 0 aliphatic heterocycles. The van der Waals surface area contributed by atoms with E-state index in [0.29, 0.717) is 11.5 Å². The van der Waals surface area contributed by atoms with Crippen LogP contribution in [0.4, 0.5) is 0 Å². The van der Waals surface area contributed by atoms with Crippen molar-refractivity contribution < 1.29 is 9.90 Å². The molecule has 3 heteroatoms. The summed E-state index contributed by atoms with van der Waals surface area (Å²) in [5.74, 6) is -0.378. The highest BCUT2D eigenvalue weighted by Crippen LogP contribution is 2.26. The summed E-state index contributed by atoms with van der Waals surface area (Å²) in [6.45, 7) is 6.14. The Bertz CT molecular complexity index is 606. The summed E-state index contributed by atoms with van der Waals surface area (Å²) in [6.07, 6.45) is 0. The van der Waals surface area contributed by atoms with Crippen LogP contribution in [-0.4, -0.2) is 15.6 Å². The first-order chi connectivity index (χ1) is 8.91. The topological polar surface area (TPSA) is 42.2 Å². The number of aromatic carboxylic acids is 1. The van der Waals surface area contributed by atoms with Gasteiger partial charge in [-0.15, -0.1) is 0 Å². The molecule has 19 heavy (non-hydrogen) atoms. The minimum Gasteiger partial charge on any atom is -0.478 e. The van der Waals surface area contributed by atoms with Crippen molar-refractivity contribution in [3.63, 3.8) is 0 Å². The highest BCUT2D eigenvalue weighted by atomic mass is 16.4. The number of rotatable bonds is 3. The van der Waals surface area contributed by atoms with E-state index in [0.717, 1.165) is 17.0 Å². The number of benzene rings is 1. The fraction of sp³-hybridized carbons (Fsp3) is 0.312. The molecule has 0 atom stereocenters. The Hall–Kier alpha value is -2.03. The van der Waals surface area contributed by atoms with Crippen molar-refractivity contribution in [3.8, 4) is 11.3 Å². The van der Waals surface area contributed by atoms with Gasteiger partial charge in [0.05, 0.1) is 5.56 Å². The minimum atomic E-state index is -0.877. The molecule has 0 aliphatic carbocycles. The average molecular weight is 257 g/mol. The lowest BCUT2D eigenvalue weighted by Gasteiger charge is -2.08. The fourth-order valence-corrected chi connectivity index (χ4v) is 2.23. The van der Waals surface area contributed by atoms with Gasteiger partial charge in [-0.2, -0.15) is 0 Å². The average Bonchev–Trinajstić information content (AvgIpc) is 2.67. The molecule has 0 bridgehead atoms. The van der Waals surface area contributed by atoms with Crippen molar-refractivity contribution >= 4 is 5.97 Å². The zero-order chi connectivity index (χ0) is 14.2. The second-order valence-electron chi connectivity index (χ2n) is 5.17. The molecule has 100 valence electrons. The summed E-state index contributed by atoms with van der Waals surface area (Å²) in [5, 5.41) is 9.15. The third kappa shape index (κ3) is 2.41. The first-order valence-corrected chi connectivity index (χ1v) is 6.41. The van der Waals surface area contributed by atoms with Crippen LogP contribution in [0.5, 0.6) is 0 Å². The lowest BCUT2D eigenvalue weighted by molar-refractivity contribution is 0.0696. The second-order valence-corrected chi connectivity index (χ2v) is 5.17. The van der Waals surface area contributed by atoms with Gasteiger partial charge in [0.25, 0.3) is 0 Å². The van der Waals surface area contributed by atoms with Crippen LogP contribution in [0, 0.1) is 6.92 Å². The highest BCUT2D eigenvalue weighted by molar-refractivity contribution is 5.91. The van der Waals surface area contributed by atoms with Crippen molar-refractivity contribution in [2.24, 2.45) is 7.05 Å². The van der Waals surface area contributed by atoms with E-state index in [1.165, 1.54) is 5.56 Å². The predicted molar refractivity (Wildman–Crippen MR) is 76.6 cm³/mol. The second kappa shape index (κ2) is 4.92. The molecule has 0 spiro atoms. The third-order valence-electron chi connectivity index (χ3n) is 3.64. The van der Waals surface area contributed by atoms with Crippen LogP contribution in [0.2, 0.25) is 0 Å². The van der Waals surface area contributed by atoms with E-state index < -0.39 is 5.97 Å². The Balaban J connectivity index is 2.47. The fourth-order valence-electron chi connectivity index (χ4n) is 2.23. The molecule has 1 aromatic carbocycles. The molecule has 1 heterocycles. The number of nitrogens with zero attached hydrogens (tertiary/aromatic N) is 1. The molecular weight excluding hydrogens is 238 g/mol. The molecule has 2 aromatic rings. The van der Waals surface area contributed by atoms with Gasteiger partial charge in [0.1, 0.15) is 0 Å². The molecule has 0 unspecified atom stereocenters. The summed E-state index contributed by atoms with van der Waals surface area (Å²) in [5.41, 5.74) is 4.40. The van der Waals surface area contributed by atoms with Crippen LogP contribution < -0.4 is 0 Å². The first kappa shape index (κ1) is 13.4. The Kier molecular flexibility index (Phi) is 3.47. The number of hydrogen-bond acceptors (Lipinski definition) is 1. The van der Waals surface area contributed by atoms with E-state index in [1.54, 1.807) is 6.07 Å². The van der Waals surface area contributed by atoms with Crippen LogP contribution in [0.15, 0.2) is 30.3 Å². The molecule has 0 saturated heterocycles. The smallest absolute Gasteiger partial charge is 0.337 e. The third-order valence-corrected chi connectivity index (χ3v) is 3.64. The van der Waals surface area contributed by atoms with E-state index in [9.17, 15) is 4.79 Å². The van der Waals surface area contributed by atoms with Gasteiger partial charge in [-0.1, -0.05) is 38.1 Å². The molecule has 3 nitrogen and oxygen atoms in total. The van der Waals surface area contributed by atoms with Gasteiger partial charge in [0, 0.05) is 18.4 Å². The summed E-state index contributed by atoms with van der Waals surface area (Å²) >= 11 is 0. The predicted octanol–water partition coefficient (Wildman–Crippen LogP) is 3.82. The Morgan fingerprint density at radius 2 is 1.79 bits per heavy atom. The van der Waals surface area contributed by atoms with Crippen LogP contribution in [-0.2, 0) is 7.05 Å². The maximum Gasteiger partial charge on any atom is 0.337 e. The van der Waals surface area contributed by atoms with Gasteiger partial charge in [0.2, 0.25) is 0 Å². The van der Waals surface area contributed by atoms with Crippen molar-refractivity contribution in [2.45, 2.75) is 26.7 Å². The van der Waals surface area contributed by atoms with Crippen molar-refractivity contribution in [3.05, 3.63) is 47.2 Å². The van der Waals surface area contributed by atoms with E-state index in [-0.39, 0.29) is 0 Å². The number of aromatic nitrogens is 1. The van der Waals surface area contributed by atoms with Crippen molar-refractivity contribution in [2.75, 3.05) is 0 Å². The molecule has 1 aromatic heterocycles. The number of carboxylic acids is 1.